The maximum absolute atomic E-state index is 10.8. The normalized spacial score (nSPS) is 10.4. The fraction of sp³-hybridized carbons (Fsp3) is 0.0714. The molecule has 0 bridgehead atoms. The first-order valence-electron chi connectivity index (χ1n) is 5.84. The van der Waals surface area contributed by atoms with Gasteiger partial charge in [0.05, 0.1) is 10.5 Å². The van der Waals surface area contributed by atoms with Gasteiger partial charge in [-0.3, -0.25) is 10.1 Å². The Hall–Kier alpha value is -2.05. The SMILES string of the molecule is Cc1cc([N+](=O)[O-])c(Cl)cc1Sc1ccc(C(=O)O)cc1. The predicted molar refractivity (Wildman–Crippen MR) is 80.4 cm³/mol. The molecule has 0 atom stereocenters. The van der Waals surface area contributed by atoms with Crippen LogP contribution in [0.25, 0.3) is 0 Å². The number of carbonyl (C=O) groups is 1. The molecule has 2 aromatic carbocycles. The number of nitro benzene ring substituents is 1. The van der Waals surface area contributed by atoms with E-state index in [-0.39, 0.29) is 16.3 Å². The lowest BCUT2D eigenvalue weighted by Crippen LogP contribution is -1.95. The van der Waals surface area contributed by atoms with Crippen molar-refractivity contribution in [3.05, 3.63) is 62.7 Å². The van der Waals surface area contributed by atoms with Gasteiger partial charge in [-0.2, -0.15) is 0 Å². The number of aromatic carboxylic acids is 1. The van der Waals surface area contributed by atoms with Crippen LogP contribution < -0.4 is 0 Å². The van der Waals surface area contributed by atoms with Crippen molar-refractivity contribution in [1.29, 1.82) is 0 Å². The van der Waals surface area contributed by atoms with Crippen molar-refractivity contribution in [2.24, 2.45) is 0 Å². The summed E-state index contributed by atoms with van der Waals surface area (Å²) in [6, 6.07) is 9.35. The number of carboxylic acids is 1. The first-order chi connectivity index (χ1) is 9.88. The average Bonchev–Trinajstić information content (AvgIpc) is 2.42. The molecule has 0 spiro atoms. The second-order valence-electron chi connectivity index (χ2n) is 4.26. The molecule has 0 fully saturated rings. The summed E-state index contributed by atoms with van der Waals surface area (Å²) in [5.74, 6) is -0.985. The second-order valence-corrected chi connectivity index (χ2v) is 5.78. The monoisotopic (exact) mass is 323 g/mol. The highest BCUT2D eigenvalue weighted by Gasteiger charge is 2.15. The van der Waals surface area contributed by atoms with Crippen molar-refractivity contribution in [1.82, 2.24) is 0 Å². The predicted octanol–water partition coefficient (Wildman–Crippen LogP) is 4.41. The Morgan fingerprint density at radius 3 is 2.43 bits per heavy atom. The molecule has 0 aliphatic rings. The van der Waals surface area contributed by atoms with E-state index >= 15 is 0 Å². The van der Waals surface area contributed by atoms with Crippen LogP contribution >= 0.6 is 23.4 Å². The summed E-state index contributed by atoms with van der Waals surface area (Å²) in [7, 11) is 0. The number of carboxylic acid groups (broad SMARTS) is 1. The fourth-order valence-electron chi connectivity index (χ4n) is 1.69. The average molecular weight is 324 g/mol. The Morgan fingerprint density at radius 2 is 1.90 bits per heavy atom. The maximum atomic E-state index is 10.8. The summed E-state index contributed by atoms with van der Waals surface area (Å²) < 4.78 is 0. The highest BCUT2D eigenvalue weighted by molar-refractivity contribution is 7.99. The molecule has 0 aliphatic carbocycles. The molecule has 5 nitrogen and oxygen atoms in total. The minimum atomic E-state index is -0.985. The van der Waals surface area contributed by atoms with Crippen LogP contribution in [0.1, 0.15) is 15.9 Å². The van der Waals surface area contributed by atoms with Gasteiger partial charge in [-0.15, -0.1) is 0 Å². The van der Waals surface area contributed by atoms with Gasteiger partial charge in [-0.1, -0.05) is 23.4 Å². The Kier molecular flexibility index (Phi) is 4.50. The molecule has 0 aromatic heterocycles. The molecular weight excluding hydrogens is 314 g/mol. The Bertz CT molecular complexity index is 716. The zero-order valence-electron chi connectivity index (χ0n) is 10.9. The highest BCUT2D eigenvalue weighted by Crippen LogP contribution is 2.36. The molecule has 0 radical (unpaired) electrons. The van der Waals surface area contributed by atoms with Crippen LogP contribution in [0.2, 0.25) is 5.02 Å². The zero-order valence-corrected chi connectivity index (χ0v) is 12.4. The van der Waals surface area contributed by atoms with Crippen LogP contribution in [-0.4, -0.2) is 16.0 Å². The molecule has 0 amide bonds. The number of hydrogen-bond donors (Lipinski definition) is 1. The van der Waals surface area contributed by atoms with Gasteiger partial charge in [0.2, 0.25) is 0 Å². The van der Waals surface area contributed by atoms with Crippen molar-refractivity contribution >= 4 is 35.0 Å². The molecule has 21 heavy (non-hydrogen) atoms. The van der Waals surface area contributed by atoms with E-state index in [0.717, 1.165) is 15.4 Å². The molecule has 0 aliphatic heterocycles. The molecule has 2 rings (SSSR count). The van der Waals surface area contributed by atoms with Crippen molar-refractivity contribution in [3.8, 4) is 0 Å². The molecule has 108 valence electrons. The van der Waals surface area contributed by atoms with Crippen LogP contribution in [-0.2, 0) is 0 Å². The van der Waals surface area contributed by atoms with E-state index in [1.165, 1.54) is 30.0 Å². The van der Waals surface area contributed by atoms with Crippen molar-refractivity contribution in [2.75, 3.05) is 0 Å². The van der Waals surface area contributed by atoms with Gasteiger partial charge in [-0.25, -0.2) is 4.79 Å². The highest BCUT2D eigenvalue weighted by atomic mass is 35.5. The number of hydrogen-bond acceptors (Lipinski definition) is 4. The topological polar surface area (TPSA) is 80.4 Å². The summed E-state index contributed by atoms with van der Waals surface area (Å²) in [4.78, 5) is 22.7. The minimum Gasteiger partial charge on any atom is -0.478 e. The van der Waals surface area contributed by atoms with Crippen molar-refractivity contribution in [3.63, 3.8) is 0 Å². The number of nitrogens with zero attached hydrogens (tertiary/aromatic N) is 1. The molecule has 0 heterocycles. The quantitative estimate of drug-likeness (QED) is 0.666. The largest absolute Gasteiger partial charge is 0.478 e. The van der Waals surface area contributed by atoms with E-state index in [4.69, 9.17) is 16.7 Å². The third-order valence-corrected chi connectivity index (χ3v) is 4.24. The Balaban J connectivity index is 2.29. The first-order valence-corrected chi connectivity index (χ1v) is 7.03. The van der Waals surface area contributed by atoms with Crippen LogP contribution in [0.5, 0.6) is 0 Å². The van der Waals surface area contributed by atoms with Crippen LogP contribution in [0.15, 0.2) is 46.2 Å². The van der Waals surface area contributed by atoms with E-state index < -0.39 is 10.9 Å². The lowest BCUT2D eigenvalue weighted by molar-refractivity contribution is -0.384. The standard InChI is InChI=1S/C14H10ClNO4S/c1-8-6-12(16(19)20)11(15)7-13(8)21-10-4-2-9(3-5-10)14(17)18/h2-7H,1H3,(H,17,18). The van der Waals surface area contributed by atoms with E-state index in [1.54, 1.807) is 25.1 Å². The summed E-state index contributed by atoms with van der Waals surface area (Å²) in [5, 5.41) is 19.7. The number of aryl methyl sites for hydroxylation is 1. The summed E-state index contributed by atoms with van der Waals surface area (Å²) in [6.45, 7) is 1.76. The Morgan fingerprint density at radius 1 is 1.29 bits per heavy atom. The second kappa shape index (κ2) is 6.15. The van der Waals surface area contributed by atoms with E-state index in [1.807, 2.05) is 0 Å². The number of halogens is 1. The maximum Gasteiger partial charge on any atom is 0.335 e. The van der Waals surface area contributed by atoms with E-state index in [2.05, 4.69) is 0 Å². The third-order valence-electron chi connectivity index (χ3n) is 2.77. The molecule has 1 N–H and O–H groups in total. The molecule has 2 aromatic rings. The van der Waals surface area contributed by atoms with E-state index in [0.29, 0.717) is 0 Å². The van der Waals surface area contributed by atoms with Crippen LogP contribution in [0.4, 0.5) is 5.69 Å². The van der Waals surface area contributed by atoms with Crippen LogP contribution in [0, 0.1) is 17.0 Å². The lowest BCUT2D eigenvalue weighted by atomic mass is 10.2. The summed E-state index contributed by atoms with van der Waals surface area (Å²) >= 11 is 7.27. The van der Waals surface area contributed by atoms with Gasteiger partial charge in [0.15, 0.2) is 0 Å². The van der Waals surface area contributed by atoms with Gasteiger partial charge in [0, 0.05) is 15.9 Å². The third kappa shape index (κ3) is 3.53. The minimum absolute atomic E-state index is 0.0789. The van der Waals surface area contributed by atoms with Crippen LogP contribution in [0.3, 0.4) is 0 Å². The van der Waals surface area contributed by atoms with Crippen molar-refractivity contribution < 1.29 is 14.8 Å². The Labute approximate surface area is 129 Å². The van der Waals surface area contributed by atoms with Gasteiger partial charge >= 0.3 is 5.97 Å². The lowest BCUT2D eigenvalue weighted by Gasteiger charge is -2.07. The first kappa shape index (κ1) is 15.3. The molecule has 0 unspecified atom stereocenters. The van der Waals surface area contributed by atoms with Gasteiger partial charge in [0.25, 0.3) is 5.69 Å². The van der Waals surface area contributed by atoms with Crippen molar-refractivity contribution in [2.45, 2.75) is 16.7 Å². The summed E-state index contributed by atoms with van der Waals surface area (Å²) in [6.07, 6.45) is 0. The zero-order chi connectivity index (χ0) is 15.6. The number of rotatable bonds is 4. The fourth-order valence-corrected chi connectivity index (χ4v) is 2.91. The molecular formula is C14H10ClNO4S. The van der Waals surface area contributed by atoms with Gasteiger partial charge < -0.3 is 5.11 Å². The molecule has 7 heteroatoms. The number of nitro groups is 1. The molecule has 0 saturated heterocycles. The van der Waals surface area contributed by atoms with Gasteiger partial charge in [-0.05, 0) is 42.8 Å². The molecule has 0 saturated carbocycles. The van der Waals surface area contributed by atoms with E-state index in [9.17, 15) is 14.9 Å². The smallest absolute Gasteiger partial charge is 0.335 e. The van der Waals surface area contributed by atoms with Gasteiger partial charge in [0.1, 0.15) is 5.02 Å². The number of benzene rings is 2. The summed E-state index contributed by atoms with van der Waals surface area (Å²) in [5.41, 5.74) is 0.816.